The molecule has 152 valence electrons. The Morgan fingerprint density at radius 3 is 2.57 bits per heavy atom. The molecule has 3 rings (SSSR count). The number of aryl methyl sites for hydroxylation is 1. The monoisotopic (exact) mass is 407 g/mol. The molecule has 0 aliphatic carbocycles. The Kier molecular flexibility index (Phi) is 7.15. The van der Waals surface area contributed by atoms with Crippen LogP contribution in [0, 0.1) is 16.0 Å². The summed E-state index contributed by atoms with van der Waals surface area (Å²) in [6.45, 7) is 5.81. The minimum Gasteiger partial charge on any atom is -0.336 e. The molecule has 2 heterocycles. The molecule has 2 atom stereocenters. The predicted molar refractivity (Wildman–Crippen MR) is 108 cm³/mol. The molecule has 1 aliphatic heterocycles. The van der Waals surface area contributed by atoms with Gasteiger partial charge in [-0.1, -0.05) is 12.1 Å². The molecule has 1 aromatic carbocycles. The lowest BCUT2D eigenvalue weighted by Gasteiger charge is -2.31. The highest BCUT2D eigenvalue weighted by Crippen LogP contribution is 2.30. The number of benzene rings is 1. The molecule has 1 amide bonds. The number of halogens is 1. The van der Waals surface area contributed by atoms with Crippen LogP contribution in [0.25, 0.3) is 0 Å². The van der Waals surface area contributed by atoms with Crippen LogP contribution in [0.5, 0.6) is 0 Å². The summed E-state index contributed by atoms with van der Waals surface area (Å²) < 4.78 is 1.76. The van der Waals surface area contributed by atoms with Crippen LogP contribution in [0.15, 0.2) is 36.7 Å². The Morgan fingerprint density at radius 1 is 1.36 bits per heavy atom. The number of carbonyl (C=O) groups excluding carboxylic acids is 1. The van der Waals surface area contributed by atoms with Crippen LogP contribution in [0.1, 0.15) is 30.9 Å². The molecule has 8 nitrogen and oxygen atoms in total. The fourth-order valence-corrected chi connectivity index (χ4v) is 3.57. The van der Waals surface area contributed by atoms with Crippen molar-refractivity contribution >= 4 is 24.0 Å². The van der Waals surface area contributed by atoms with E-state index in [-0.39, 0.29) is 41.9 Å². The van der Waals surface area contributed by atoms with Gasteiger partial charge in [0, 0.05) is 57.0 Å². The van der Waals surface area contributed by atoms with E-state index in [4.69, 9.17) is 0 Å². The van der Waals surface area contributed by atoms with E-state index in [9.17, 15) is 14.9 Å². The molecule has 1 aromatic heterocycles. The zero-order valence-corrected chi connectivity index (χ0v) is 17.1. The van der Waals surface area contributed by atoms with Gasteiger partial charge >= 0.3 is 0 Å². The summed E-state index contributed by atoms with van der Waals surface area (Å²) in [5.74, 6) is 0.0566. The quantitative estimate of drug-likeness (QED) is 0.586. The maximum Gasteiger partial charge on any atom is 0.269 e. The fourth-order valence-electron chi connectivity index (χ4n) is 3.57. The van der Waals surface area contributed by atoms with Crippen LogP contribution >= 0.6 is 12.4 Å². The van der Waals surface area contributed by atoms with Gasteiger partial charge in [0.25, 0.3) is 5.69 Å². The normalized spacial score (nSPS) is 18.7. The highest BCUT2D eigenvalue weighted by molar-refractivity contribution is 5.85. The number of nitrogens with zero attached hydrogens (tertiary/aromatic N) is 4. The average Bonchev–Trinajstić information content (AvgIpc) is 3.27. The summed E-state index contributed by atoms with van der Waals surface area (Å²) in [5.41, 5.74) is 2.00. The first-order chi connectivity index (χ1) is 12.9. The molecule has 0 radical (unpaired) electrons. The predicted octanol–water partition coefficient (Wildman–Crippen LogP) is 2.49. The Labute approximate surface area is 170 Å². The minimum atomic E-state index is -0.419. The number of amides is 1. The number of hydrogen-bond donors (Lipinski definition) is 1. The number of carbonyl (C=O) groups is 1. The fraction of sp³-hybridized carbons (Fsp3) is 0.474. The van der Waals surface area contributed by atoms with Crippen molar-refractivity contribution < 1.29 is 9.72 Å². The molecule has 0 spiro atoms. The summed E-state index contributed by atoms with van der Waals surface area (Å²) in [7, 11) is 1.87. The number of nitro benzene ring substituents is 1. The SMILES string of the molecule is CC(C)N(Cc1ccc([N+](=O)[O-])cc1)C(=O)[C@H]1CNC[C@@H]1c1cnn(C)c1.Cl. The Bertz CT molecular complexity index is 821. The van der Waals surface area contributed by atoms with Crippen molar-refractivity contribution in [2.75, 3.05) is 13.1 Å². The first-order valence-electron chi connectivity index (χ1n) is 9.10. The number of hydrogen-bond acceptors (Lipinski definition) is 5. The van der Waals surface area contributed by atoms with Crippen LogP contribution in [0.3, 0.4) is 0 Å². The van der Waals surface area contributed by atoms with Gasteiger partial charge in [0.1, 0.15) is 0 Å². The first-order valence-corrected chi connectivity index (χ1v) is 9.10. The van der Waals surface area contributed by atoms with Crippen molar-refractivity contribution in [2.45, 2.75) is 32.4 Å². The van der Waals surface area contributed by atoms with Gasteiger partial charge in [-0.15, -0.1) is 12.4 Å². The highest BCUT2D eigenvalue weighted by Gasteiger charge is 2.37. The molecule has 0 saturated carbocycles. The van der Waals surface area contributed by atoms with E-state index in [2.05, 4.69) is 10.4 Å². The summed E-state index contributed by atoms with van der Waals surface area (Å²) in [6.07, 6.45) is 3.79. The van der Waals surface area contributed by atoms with Crippen molar-refractivity contribution in [3.63, 3.8) is 0 Å². The van der Waals surface area contributed by atoms with Crippen LogP contribution in [-0.2, 0) is 18.4 Å². The van der Waals surface area contributed by atoms with Crippen molar-refractivity contribution in [3.05, 3.63) is 57.9 Å². The number of aromatic nitrogens is 2. The third-order valence-corrected chi connectivity index (χ3v) is 5.09. The summed E-state index contributed by atoms with van der Waals surface area (Å²) in [6, 6.07) is 6.42. The van der Waals surface area contributed by atoms with Crippen molar-refractivity contribution in [1.82, 2.24) is 20.0 Å². The van der Waals surface area contributed by atoms with Gasteiger partial charge in [0.05, 0.1) is 17.0 Å². The lowest BCUT2D eigenvalue weighted by atomic mass is 9.89. The molecule has 0 bridgehead atoms. The largest absolute Gasteiger partial charge is 0.336 e. The topological polar surface area (TPSA) is 93.3 Å². The van der Waals surface area contributed by atoms with E-state index in [1.165, 1.54) is 12.1 Å². The summed E-state index contributed by atoms with van der Waals surface area (Å²) >= 11 is 0. The Morgan fingerprint density at radius 2 is 2.04 bits per heavy atom. The van der Waals surface area contributed by atoms with Crippen molar-refractivity contribution in [2.24, 2.45) is 13.0 Å². The molecular weight excluding hydrogens is 382 g/mol. The van der Waals surface area contributed by atoms with E-state index >= 15 is 0 Å². The maximum absolute atomic E-state index is 13.3. The Hall–Kier alpha value is -2.45. The molecule has 0 unspecified atom stereocenters. The molecule has 2 aromatic rings. The second-order valence-corrected chi connectivity index (χ2v) is 7.30. The molecule has 28 heavy (non-hydrogen) atoms. The molecule has 1 N–H and O–H groups in total. The number of nitrogens with one attached hydrogen (secondary N) is 1. The standard InChI is InChI=1S/C19H25N5O3.ClH/c1-13(2)23(11-14-4-6-16(7-5-14)24(26)27)19(25)18-10-20-9-17(18)15-8-21-22(3)12-15;/h4-8,12-13,17-18,20H,9-11H2,1-3H3;1H/t17-,18+;/m1./s1. The lowest BCUT2D eigenvalue weighted by molar-refractivity contribution is -0.384. The highest BCUT2D eigenvalue weighted by atomic mass is 35.5. The molecule has 1 aliphatic rings. The molecule has 1 saturated heterocycles. The second-order valence-electron chi connectivity index (χ2n) is 7.30. The molecule has 1 fully saturated rings. The van der Waals surface area contributed by atoms with Gasteiger partial charge in [0.2, 0.25) is 5.91 Å². The van der Waals surface area contributed by atoms with E-state index in [1.807, 2.05) is 38.2 Å². The smallest absolute Gasteiger partial charge is 0.269 e. The van der Waals surface area contributed by atoms with Gasteiger partial charge in [0.15, 0.2) is 0 Å². The zero-order chi connectivity index (χ0) is 19.6. The van der Waals surface area contributed by atoms with Gasteiger partial charge in [-0.05, 0) is 25.0 Å². The van der Waals surface area contributed by atoms with E-state index in [0.29, 0.717) is 13.1 Å². The van der Waals surface area contributed by atoms with Crippen LogP contribution in [0.4, 0.5) is 5.69 Å². The van der Waals surface area contributed by atoms with Gasteiger partial charge in [-0.3, -0.25) is 19.6 Å². The lowest BCUT2D eigenvalue weighted by Crippen LogP contribution is -2.42. The van der Waals surface area contributed by atoms with Crippen LogP contribution in [-0.4, -0.2) is 44.6 Å². The minimum absolute atomic E-state index is 0. The zero-order valence-electron chi connectivity index (χ0n) is 16.2. The third kappa shape index (κ3) is 4.69. The van der Waals surface area contributed by atoms with Gasteiger partial charge in [-0.25, -0.2) is 0 Å². The number of non-ortho nitro benzene ring substituents is 1. The van der Waals surface area contributed by atoms with E-state index < -0.39 is 4.92 Å². The number of rotatable bonds is 6. The average molecular weight is 408 g/mol. The molecule has 9 heteroatoms. The summed E-state index contributed by atoms with van der Waals surface area (Å²) in [4.78, 5) is 25.6. The molecular formula is C19H26ClN5O3. The van der Waals surface area contributed by atoms with E-state index in [1.54, 1.807) is 16.8 Å². The summed E-state index contributed by atoms with van der Waals surface area (Å²) in [5, 5.41) is 18.4. The van der Waals surface area contributed by atoms with Crippen LogP contribution < -0.4 is 5.32 Å². The Balaban J connectivity index is 0.00000280. The van der Waals surface area contributed by atoms with E-state index in [0.717, 1.165) is 17.7 Å². The van der Waals surface area contributed by atoms with Gasteiger partial charge in [-0.2, -0.15) is 5.10 Å². The van der Waals surface area contributed by atoms with Crippen molar-refractivity contribution in [1.29, 1.82) is 0 Å². The van der Waals surface area contributed by atoms with Gasteiger partial charge < -0.3 is 10.2 Å². The second kappa shape index (κ2) is 9.16. The number of nitro groups is 1. The van der Waals surface area contributed by atoms with Crippen LogP contribution in [0.2, 0.25) is 0 Å². The maximum atomic E-state index is 13.3. The third-order valence-electron chi connectivity index (χ3n) is 5.09. The first kappa shape index (κ1) is 21.8. The van der Waals surface area contributed by atoms with Crippen molar-refractivity contribution in [3.8, 4) is 0 Å².